The van der Waals surface area contributed by atoms with Crippen molar-refractivity contribution in [1.82, 2.24) is 0 Å². The fourth-order valence-corrected chi connectivity index (χ4v) is 7.12. The molecule has 0 aromatic heterocycles. The van der Waals surface area contributed by atoms with Gasteiger partial charge in [-0.25, -0.2) is 4.57 Å². The number of phosphoric ester groups is 1. The van der Waals surface area contributed by atoms with Crippen LogP contribution in [-0.2, 0) is 4.57 Å². The van der Waals surface area contributed by atoms with Gasteiger partial charge in [-0.3, -0.25) is 4.89 Å². The fraction of sp³-hybridized carbons (Fsp3) is 0.111. The zero-order valence-electron chi connectivity index (χ0n) is 24.1. The first-order valence-corrected chi connectivity index (χ1v) is 15.5. The number of benzene rings is 6. The highest BCUT2D eigenvalue weighted by atomic mass is 31.2. The van der Waals surface area contributed by atoms with Crippen molar-refractivity contribution in [3.63, 3.8) is 0 Å². The lowest BCUT2D eigenvalue weighted by molar-refractivity contribution is 0.295. The largest absolute Gasteiger partial charge is 0.584 e. The minimum absolute atomic E-state index is 0.202. The van der Waals surface area contributed by atoms with Crippen LogP contribution < -0.4 is 9.05 Å². The molecule has 0 bridgehead atoms. The highest BCUT2D eigenvalue weighted by Gasteiger charge is 2.37. The Morgan fingerprint density at radius 1 is 0.558 bits per heavy atom. The number of phenols is 2. The van der Waals surface area contributed by atoms with Crippen LogP contribution in [0.3, 0.4) is 0 Å². The Morgan fingerprint density at radius 3 is 1.28 bits per heavy atom. The number of phosphoric acid groups is 1. The smallest absolute Gasteiger partial charge is 0.507 e. The molecule has 0 atom stereocenters. The number of rotatable bonds is 2. The van der Waals surface area contributed by atoms with Gasteiger partial charge >= 0.3 is 7.82 Å². The van der Waals surface area contributed by atoms with Crippen molar-refractivity contribution in [3.05, 3.63) is 107 Å². The van der Waals surface area contributed by atoms with E-state index in [4.69, 9.17) is 9.05 Å². The lowest BCUT2D eigenvalue weighted by Crippen LogP contribution is -2.00. The summed E-state index contributed by atoms with van der Waals surface area (Å²) in [5.41, 5.74) is 6.70. The summed E-state index contributed by atoms with van der Waals surface area (Å²) in [6.07, 6.45) is 0. The molecule has 0 saturated carbocycles. The van der Waals surface area contributed by atoms with Crippen LogP contribution in [-0.4, -0.2) is 15.1 Å². The Labute approximate surface area is 249 Å². The van der Waals surface area contributed by atoms with E-state index in [2.05, 4.69) is 0 Å². The molecule has 0 unspecified atom stereocenters. The van der Waals surface area contributed by atoms with Crippen LogP contribution in [0.2, 0.25) is 0 Å². The summed E-state index contributed by atoms with van der Waals surface area (Å²) in [7, 11) is -4.71. The molecular weight excluding hydrogens is 559 g/mol. The summed E-state index contributed by atoms with van der Waals surface area (Å²) in [6, 6.07) is 27.0. The molecular formula is C36H29O6P. The van der Waals surface area contributed by atoms with Crippen molar-refractivity contribution in [3.8, 4) is 56.4 Å². The standard InChI is InChI=1S/C36H29O6P/c1-19-13-25(14-20(2)33(19)37)29-17-23-9-5-7-11-27(23)31-32-28-12-8-6-10-24(28)18-30(26-15-21(3)34(38)22(4)16-26)36(32)42-43(39,40)41-35(29)31/h5-18,37-38H,1-4H3,(H,39,40). The third-order valence-electron chi connectivity index (χ3n) is 8.27. The Morgan fingerprint density at radius 2 is 0.907 bits per heavy atom. The zero-order chi connectivity index (χ0) is 30.2. The fourth-order valence-electron chi connectivity index (χ4n) is 6.24. The van der Waals surface area contributed by atoms with Gasteiger partial charge in [0.2, 0.25) is 0 Å². The number of hydrogen-bond acceptors (Lipinski definition) is 5. The second kappa shape index (κ2) is 9.63. The number of hydrogen-bond donors (Lipinski definition) is 3. The van der Waals surface area contributed by atoms with Crippen LogP contribution in [0.5, 0.6) is 23.0 Å². The number of fused-ring (bicyclic) bond motifs is 7. The van der Waals surface area contributed by atoms with Crippen molar-refractivity contribution in [2.45, 2.75) is 27.7 Å². The Kier molecular flexibility index (Phi) is 6.07. The topological polar surface area (TPSA) is 96.2 Å². The Bertz CT molecular complexity index is 2000. The summed E-state index contributed by atoms with van der Waals surface area (Å²) < 4.78 is 25.9. The SMILES string of the molecule is Cc1cc(-c2cc3ccccc3c3c2OP(=O)(O)Oc2c(-c4cc(C)c(O)c(C)c4)cc4ccccc4c2-3)cc(C)c1O. The van der Waals surface area contributed by atoms with Crippen LogP contribution in [0.25, 0.3) is 54.9 Å². The van der Waals surface area contributed by atoms with Crippen molar-refractivity contribution in [1.29, 1.82) is 0 Å². The number of phenolic OH excluding ortho intramolecular Hbond substituents is 2. The molecule has 0 fully saturated rings. The van der Waals surface area contributed by atoms with E-state index in [9.17, 15) is 19.7 Å². The first-order valence-electron chi connectivity index (χ1n) is 14.0. The molecule has 0 aliphatic carbocycles. The van der Waals surface area contributed by atoms with Crippen LogP contribution >= 0.6 is 7.82 Å². The van der Waals surface area contributed by atoms with E-state index in [1.165, 1.54) is 0 Å². The highest BCUT2D eigenvalue weighted by molar-refractivity contribution is 7.48. The first-order chi connectivity index (χ1) is 20.5. The van der Waals surface area contributed by atoms with Crippen LogP contribution in [0.4, 0.5) is 0 Å². The summed E-state index contributed by atoms with van der Waals surface area (Å²) in [5, 5.41) is 24.5. The highest BCUT2D eigenvalue weighted by Crippen LogP contribution is 2.61. The van der Waals surface area contributed by atoms with E-state index < -0.39 is 7.82 Å². The van der Waals surface area contributed by atoms with Crippen LogP contribution in [0.1, 0.15) is 22.3 Å². The zero-order valence-corrected chi connectivity index (χ0v) is 25.0. The molecule has 6 aromatic carbocycles. The second-order valence-corrected chi connectivity index (χ2v) is 12.6. The first kappa shape index (κ1) is 27.1. The van der Waals surface area contributed by atoms with Crippen molar-refractivity contribution in [2.24, 2.45) is 0 Å². The van der Waals surface area contributed by atoms with Gasteiger partial charge in [0, 0.05) is 22.3 Å². The lowest BCUT2D eigenvalue weighted by atomic mass is 9.86. The van der Waals surface area contributed by atoms with Gasteiger partial charge < -0.3 is 19.3 Å². The molecule has 0 saturated heterocycles. The summed E-state index contributed by atoms with van der Waals surface area (Å²) in [4.78, 5) is 11.3. The van der Waals surface area contributed by atoms with Gasteiger partial charge in [0.05, 0.1) is 0 Å². The maximum Gasteiger partial charge on any atom is 0.584 e. The second-order valence-electron chi connectivity index (χ2n) is 11.3. The molecule has 6 aromatic rings. The molecule has 1 aliphatic rings. The number of aryl methyl sites for hydroxylation is 4. The minimum atomic E-state index is -4.71. The molecule has 0 radical (unpaired) electrons. The number of aromatic hydroxyl groups is 2. The molecule has 0 spiro atoms. The third-order valence-corrected chi connectivity index (χ3v) is 9.10. The molecule has 1 heterocycles. The molecule has 7 heteroatoms. The molecule has 0 amide bonds. The summed E-state index contributed by atoms with van der Waals surface area (Å²) >= 11 is 0. The van der Waals surface area contributed by atoms with E-state index in [0.29, 0.717) is 44.5 Å². The third kappa shape index (κ3) is 4.34. The summed E-state index contributed by atoms with van der Waals surface area (Å²) in [5.74, 6) is 0.864. The molecule has 6 nitrogen and oxygen atoms in total. The average molecular weight is 589 g/mol. The molecule has 214 valence electrons. The van der Waals surface area contributed by atoms with Gasteiger partial charge in [-0.2, -0.15) is 0 Å². The van der Waals surface area contributed by atoms with Crippen LogP contribution in [0, 0.1) is 27.7 Å². The summed E-state index contributed by atoms with van der Waals surface area (Å²) in [6.45, 7) is 7.29. The van der Waals surface area contributed by atoms with E-state index in [0.717, 1.165) is 32.7 Å². The predicted octanol–water partition coefficient (Wildman–Crippen LogP) is 9.51. The van der Waals surface area contributed by atoms with Gasteiger partial charge in [0.25, 0.3) is 0 Å². The molecule has 3 N–H and O–H groups in total. The Balaban J connectivity index is 1.69. The van der Waals surface area contributed by atoms with E-state index in [1.807, 2.05) is 113 Å². The molecule has 1 aliphatic heterocycles. The van der Waals surface area contributed by atoms with E-state index in [-0.39, 0.29) is 23.0 Å². The normalized spacial score (nSPS) is 13.6. The molecule has 43 heavy (non-hydrogen) atoms. The van der Waals surface area contributed by atoms with Crippen molar-refractivity contribution < 1.29 is 28.7 Å². The van der Waals surface area contributed by atoms with Gasteiger partial charge in [0.1, 0.15) is 23.0 Å². The van der Waals surface area contributed by atoms with Crippen molar-refractivity contribution >= 4 is 29.4 Å². The quantitative estimate of drug-likeness (QED) is 0.174. The van der Waals surface area contributed by atoms with Gasteiger partial charge in [-0.1, -0.05) is 48.5 Å². The van der Waals surface area contributed by atoms with Gasteiger partial charge in [-0.05, 0) is 119 Å². The maximum atomic E-state index is 13.8. The van der Waals surface area contributed by atoms with E-state index >= 15 is 0 Å². The molecule has 7 rings (SSSR count). The van der Waals surface area contributed by atoms with Gasteiger partial charge in [0.15, 0.2) is 0 Å². The van der Waals surface area contributed by atoms with Crippen molar-refractivity contribution in [2.75, 3.05) is 0 Å². The monoisotopic (exact) mass is 588 g/mol. The van der Waals surface area contributed by atoms with Crippen LogP contribution in [0.15, 0.2) is 84.9 Å². The lowest BCUT2D eigenvalue weighted by Gasteiger charge is -2.19. The van der Waals surface area contributed by atoms with E-state index in [1.54, 1.807) is 0 Å². The van der Waals surface area contributed by atoms with Gasteiger partial charge in [-0.15, -0.1) is 0 Å². The Hall–Kier alpha value is -4.77. The average Bonchev–Trinajstić information content (AvgIpc) is 3.10. The minimum Gasteiger partial charge on any atom is -0.507 e. The predicted molar refractivity (Wildman–Crippen MR) is 171 cm³/mol. The maximum absolute atomic E-state index is 13.8.